The Morgan fingerprint density at radius 1 is 1.42 bits per heavy atom. The second-order valence-electron chi connectivity index (χ2n) is 4.78. The molecule has 1 aromatic heterocycles. The molecule has 5 heteroatoms. The first-order chi connectivity index (χ1) is 8.97. The van der Waals surface area contributed by atoms with E-state index < -0.39 is 0 Å². The van der Waals surface area contributed by atoms with E-state index in [1.807, 2.05) is 34.7 Å². The average molecular weight is 389 g/mol. The van der Waals surface area contributed by atoms with E-state index in [0.29, 0.717) is 20.3 Å². The van der Waals surface area contributed by atoms with Crippen LogP contribution in [0, 0.1) is 9.49 Å². The lowest BCUT2D eigenvalue weighted by Crippen LogP contribution is -2.17. The minimum Gasteiger partial charge on any atom is -0.306 e. The van der Waals surface area contributed by atoms with Crippen molar-refractivity contribution in [3.05, 3.63) is 48.9 Å². The van der Waals surface area contributed by atoms with Crippen LogP contribution in [0.2, 0.25) is 5.02 Å². The van der Waals surface area contributed by atoms with E-state index in [0.717, 1.165) is 17.7 Å². The molecule has 1 heterocycles. The Morgan fingerprint density at radius 2 is 2.16 bits per heavy atom. The molecule has 0 aliphatic rings. The number of hydrogen-bond donors (Lipinski definition) is 1. The third-order valence-electron chi connectivity index (χ3n) is 2.63. The Morgan fingerprint density at radius 3 is 2.79 bits per heavy atom. The quantitative estimate of drug-likeness (QED) is 0.811. The smallest absolute Gasteiger partial charge is 0.264 e. The van der Waals surface area contributed by atoms with Crippen LogP contribution < -0.4 is 5.56 Å². The maximum absolute atomic E-state index is 12.0. The van der Waals surface area contributed by atoms with Crippen molar-refractivity contribution in [3.63, 3.8) is 0 Å². The fourth-order valence-electron chi connectivity index (χ4n) is 1.80. The molecule has 0 saturated heterocycles. The van der Waals surface area contributed by atoms with Crippen molar-refractivity contribution in [3.8, 4) is 11.4 Å². The number of benzene rings is 1. The number of hydrogen-bond acceptors (Lipinski definition) is 2. The highest BCUT2D eigenvalue weighted by Gasteiger charge is 2.11. The van der Waals surface area contributed by atoms with E-state index in [9.17, 15) is 4.79 Å². The number of nitrogens with zero attached hydrogens (tertiary/aromatic N) is 1. The molecular weight excluding hydrogens is 375 g/mol. The van der Waals surface area contributed by atoms with E-state index >= 15 is 0 Å². The van der Waals surface area contributed by atoms with Crippen molar-refractivity contribution >= 4 is 34.2 Å². The van der Waals surface area contributed by atoms with E-state index in [4.69, 9.17) is 11.6 Å². The average Bonchev–Trinajstić information content (AvgIpc) is 2.34. The van der Waals surface area contributed by atoms with Crippen LogP contribution in [0.3, 0.4) is 0 Å². The molecule has 2 rings (SSSR count). The lowest BCUT2D eigenvalue weighted by atomic mass is 10.1. The molecule has 1 aromatic carbocycles. The molecule has 0 saturated carbocycles. The highest BCUT2D eigenvalue weighted by Crippen LogP contribution is 2.20. The van der Waals surface area contributed by atoms with Gasteiger partial charge in [0.05, 0.1) is 9.26 Å². The van der Waals surface area contributed by atoms with Crippen LogP contribution >= 0.6 is 34.2 Å². The summed E-state index contributed by atoms with van der Waals surface area (Å²) in [5, 5.41) is 0.629. The monoisotopic (exact) mass is 388 g/mol. The summed E-state index contributed by atoms with van der Waals surface area (Å²) in [4.78, 5) is 19.3. The summed E-state index contributed by atoms with van der Waals surface area (Å²) < 4.78 is 0.664. The van der Waals surface area contributed by atoms with Crippen LogP contribution in [0.5, 0.6) is 0 Å². The van der Waals surface area contributed by atoms with Gasteiger partial charge in [-0.1, -0.05) is 37.6 Å². The molecule has 0 radical (unpaired) electrons. The van der Waals surface area contributed by atoms with Crippen LogP contribution in [-0.4, -0.2) is 9.97 Å². The molecule has 3 nitrogen and oxygen atoms in total. The Labute approximate surface area is 130 Å². The number of nitrogens with one attached hydrogen (secondary N) is 1. The number of aromatic amines is 1. The maximum atomic E-state index is 12.0. The Hall–Kier alpha value is -0.880. The van der Waals surface area contributed by atoms with Gasteiger partial charge < -0.3 is 4.98 Å². The van der Waals surface area contributed by atoms with Crippen molar-refractivity contribution in [2.24, 2.45) is 5.92 Å². The Balaban J connectivity index is 2.53. The van der Waals surface area contributed by atoms with Crippen molar-refractivity contribution in [1.82, 2.24) is 9.97 Å². The number of rotatable bonds is 3. The minimum absolute atomic E-state index is 0.0961. The van der Waals surface area contributed by atoms with Gasteiger partial charge in [-0.25, -0.2) is 4.98 Å². The molecule has 2 aromatic rings. The third-order valence-corrected chi connectivity index (χ3v) is 3.98. The van der Waals surface area contributed by atoms with Crippen molar-refractivity contribution in [2.75, 3.05) is 0 Å². The first kappa shape index (κ1) is 14.5. The van der Waals surface area contributed by atoms with Crippen LogP contribution in [0.1, 0.15) is 19.5 Å². The topological polar surface area (TPSA) is 45.8 Å². The summed E-state index contributed by atoms with van der Waals surface area (Å²) >= 11 is 8.02. The van der Waals surface area contributed by atoms with Crippen LogP contribution in [0.25, 0.3) is 11.4 Å². The second-order valence-corrected chi connectivity index (χ2v) is 6.30. The summed E-state index contributed by atoms with van der Waals surface area (Å²) in [7, 11) is 0. The molecule has 0 unspecified atom stereocenters. The van der Waals surface area contributed by atoms with Gasteiger partial charge in [0.25, 0.3) is 5.56 Å². The summed E-state index contributed by atoms with van der Waals surface area (Å²) in [6.45, 7) is 4.22. The van der Waals surface area contributed by atoms with E-state index in [-0.39, 0.29) is 5.56 Å². The first-order valence-electron chi connectivity index (χ1n) is 6.02. The predicted molar refractivity (Wildman–Crippen MR) is 86.6 cm³/mol. The van der Waals surface area contributed by atoms with Crippen molar-refractivity contribution in [1.29, 1.82) is 0 Å². The van der Waals surface area contributed by atoms with Gasteiger partial charge in [0.2, 0.25) is 0 Å². The van der Waals surface area contributed by atoms with Crippen LogP contribution in [0.15, 0.2) is 29.1 Å². The predicted octanol–water partition coefficient (Wildman–Crippen LogP) is 3.89. The van der Waals surface area contributed by atoms with Gasteiger partial charge in [0, 0.05) is 10.6 Å². The highest BCUT2D eigenvalue weighted by atomic mass is 127. The summed E-state index contributed by atoms with van der Waals surface area (Å²) in [5.41, 5.74) is 1.57. The maximum Gasteiger partial charge on any atom is 0.264 e. The number of halogens is 2. The van der Waals surface area contributed by atoms with E-state index in [2.05, 4.69) is 23.8 Å². The summed E-state index contributed by atoms with van der Waals surface area (Å²) in [6, 6.07) is 7.32. The van der Waals surface area contributed by atoms with Crippen LogP contribution in [-0.2, 0) is 6.42 Å². The number of H-pyrrole nitrogens is 1. The molecule has 0 bridgehead atoms. The first-order valence-corrected chi connectivity index (χ1v) is 7.47. The molecule has 0 aliphatic heterocycles. The van der Waals surface area contributed by atoms with E-state index in [1.54, 1.807) is 12.1 Å². The third kappa shape index (κ3) is 3.57. The zero-order valence-electron chi connectivity index (χ0n) is 10.7. The molecule has 0 atom stereocenters. The van der Waals surface area contributed by atoms with Gasteiger partial charge in [0.1, 0.15) is 5.82 Å². The fraction of sp³-hybridized carbons (Fsp3) is 0.286. The fourth-order valence-corrected chi connectivity index (χ4v) is 2.47. The molecule has 0 fully saturated rings. The molecule has 0 aliphatic carbocycles. The van der Waals surface area contributed by atoms with Crippen molar-refractivity contribution < 1.29 is 0 Å². The second kappa shape index (κ2) is 6.05. The zero-order valence-corrected chi connectivity index (χ0v) is 13.6. The van der Waals surface area contributed by atoms with Gasteiger partial charge >= 0.3 is 0 Å². The van der Waals surface area contributed by atoms with Gasteiger partial charge in [-0.05, 0) is 47.1 Å². The molecule has 19 heavy (non-hydrogen) atoms. The van der Waals surface area contributed by atoms with Crippen LogP contribution in [0.4, 0.5) is 0 Å². The standard InChI is InChI=1S/C14H14ClIN2O/c1-8(2)6-11-12(16)14(19)18-13(17-11)9-4-3-5-10(15)7-9/h3-5,7-8H,6H2,1-2H3,(H,17,18,19). The SMILES string of the molecule is CC(C)Cc1nc(-c2cccc(Cl)c2)[nH]c(=O)c1I. The molecule has 0 spiro atoms. The Kier molecular flexibility index (Phi) is 4.62. The molecular formula is C14H14ClIN2O. The van der Waals surface area contributed by atoms with Gasteiger partial charge in [-0.2, -0.15) is 0 Å². The Bertz CT molecular complexity index is 652. The van der Waals surface area contributed by atoms with E-state index in [1.165, 1.54) is 0 Å². The molecule has 1 N–H and O–H groups in total. The zero-order chi connectivity index (χ0) is 14.0. The van der Waals surface area contributed by atoms with Crippen molar-refractivity contribution in [2.45, 2.75) is 20.3 Å². The highest BCUT2D eigenvalue weighted by molar-refractivity contribution is 14.1. The minimum atomic E-state index is -0.0961. The van der Waals surface area contributed by atoms with Gasteiger partial charge in [-0.15, -0.1) is 0 Å². The number of aromatic nitrogens is 2. The van der Waals surface area contributed by atoms with Gasteiger partial charge in [0.15, 0.2) is 0 Å². The largest absolute Gasteiger partial charge is 0.306 e. The molecule has 100 valence electrons. The molecule has 0 amide bonds. The summed E-state index contributed by atoms with van der Waals surface area (Å²) in [6.07, 6.45) is 0.787. The lowest BCUT2D eigenvalue weighted by Gasteiger charge is -2.09. The summed E-state index contributed by atoms with van der Waals surface area (Å²) in [5.74, 6) is 1.03. The lowest BCUT2D eigenvalue weighted by molar-refractivity contribution is 0.631. The normalized spacial score (nSPS) is 11.0. The van der Waals surface area contributed by atoms with Gasteiger partial charge in [-0.3, -0.25) is 4.79 Å².